The lowest BCUT2D eigenvalue weighted by molar-refractivity contribution is -0.141. The highest BCUT2D eigenvalue weighted by atomic mass is 19.2. The topological polar surface area (TPSA) is 49.8 Å². The molecule has 1 aliphatic rings. The molecular weight excluding hydrogens is 268 g/mol. The first kappa shape index (κ1) is 14.9. The SMILES string of the molecule is CC(CC(=O)O)(c1ccc(F)c(F)c1)N1CCOCC1. The van der Waals surface area contributed by atoms with Gasteiger partial charge in [0.25, 0.3) is 0 Å². The van der Waals surface area contributed by atoms with Gasteiger partial charge < -0.3 is 9.84 Å². The third-order valence-electron chi connectivity index (χ3n) is 3.75. The van der Waals surface area contributed by atoms with Gasteiger partial charge in [0.2, 0.25) is 0 Å². The number of hydrogen-bond acceptors (Lipinski definition) is 3. The van der Waals surface area contributed by atoms with E-state index in [2.05, 4.69) is 0 Å². The zero-order valence-corrected chi connectivity index (χ0v) is 11.2. The van der Waals surface area contributed by atoms with Gasteiger partial charge in [0, 0.05) is 13.1 Å². The minimum atomic E-state index is -0.983. The first-order valence-electron chi connectivity index (χ1n) is 6.43. The molecule has 20 heavy (non-hydrogen) atoms. The quantitative estimate of drug-likeness (QED) is 0.919. The highest BCUT2D eigenvalue weighted by Gasteiger charge is 2.37. The van der Waals surface area contributed by atoms with Gasteiger partial charge in [-0.05, 0) is 24.6 Å². The first-order valence-corrected chi connectivity index (χ1v) is 6.43. The average Bonchev–Trinajstić information content (AvgIpc) is 2.42. The fourth-order valence-electron chi connectivity index (χ4n) is 2.58. The van der Waals surface area contributed by atoms with Crippen LogP contribution in [-0.4, -0.2) is 42.3 Å². The summed E-state index contributed by atoms with van der Waals surface area (Å²) in [6, 6.07) is 3.55. The van der Waals surface area contributed by atoms with Crippen LogP contribution < -0.4 is 0 Å². The molecule has 1 heterocycles. The van der Waals surface area contributed by atoms with Crippen molar-refractivity contribution in [2.24, 2.45) is 0 Å². The van der Waals surface area contributed by atoms with Gasteiger partial charge in [-0.25, -0.2) is 8.78 Å². The van der Waals surface area contributed by atoms with E-state index in [-0.39, 0.29) is 6.42 Å². The van der Waals surface area contributed by atoms with E-state index in [1.165, 1.54) is 6.07 Å². The minimum Gasteiger partial charge on any atom is -0.481 e. The number of carboxylic acid groups (broad SMARTS) is 1. The van der Waals surface area contributed by atoms with Crippen molar-refractivity contribution < 1.29 is 23.4 Å². The van der Waals surface area contributed by atoms with Crippen LogP contribution in [-0.2, 0) is 15.1 Å². The lowest BCUT2D eigenvalue weighted by Crippen LogP contribution is -2.50. The molecule has 1 aromatic carbocycles. The molecule has 1 saturated heterocycles. The highest BCUT2D eigenvalue weighted by molar-refractivity contribution is 5.68. The Morgan fingerprint density at radius 2 is 2.00 bits per heavy atom. The Morgan fingerprint density at radius 1 is 1.35 bits per heavy atom. The molecule has 0 bridgehead atoms. The van der Waals surface area contributed by atoms with Crippen LogP contribution in [0.2, 0.25) is 0 Å². The van der Waals surface area contributed by atoms with E-state index >= 15 is 0 Å². The molecule has 1 unspecified atom stereocenters. The van der Waals surface area contributed by atoms with E-state index in [1.807, 2.05) is 4.90 Å². The number of nitrogens with zero attached hydrogens (tertiary/aromatic N) is 1. The van der Waals surface area contributed by atoms with Crippen LogP contribution in [0.4, 0.5) is 8.78 Å². The van der Waals surface area contributed by atoms with Crippen molar-refractivity contribution in [2.45, 2.75) is 18.9 Å². The van der Waals surface area contributed by atoms with Gasteiger partial charge in [0.05, 0.1) is 25.2 Å². The lowest BCUT2D eigenvalue weighted by Gasteiger charge is -2.43. The number of halogens is 2. The molecule has 1 aromatic rings. The van der Waals surface area contributed by atoms with Crippen LogP contribution in [0, 0.1) is 11.6 Å². The van der Waals surface area contributed by atoms with Crippen LogP contribution in [0.25, 0.3) is 0 Å². The Kier molecular flexibility index (Phi) is 4.35. The van der Waals surface area contributed by atoms with Crippen molar-refractivity contribution in [2.75, 3.05) is 26.3 Å². The summed E-state index contributed by atoms with van der Waals surface area (Å²) in [4.78, 5) is 13.1. The standard InChI is InChI=1S/C14H17F2NO3/c1-14(9-13(18)19,17-4-6-20-7-5-17)10-2-3-11(15)12(16)8-10/h2-3,8H,4-7,9H2,1H3,(H,18,19). The van der Waals surface area contributed by atoms with Gasteiger partial charge in [-0.2, -0.15) is 0 Å². The van der Waals surface area contributed by atoms with Crippen molar-refractivity contribution >= 4 is 5.97 Å². The van der Waals surface area contributed by atoms with Gasteiger partial charge in [-0.15, -0.1) is 0 Å². The second-order valence-corrected chi connectivity index (χ2v) is 5.07. The van der Waals surface area contributed by atoms with Crippen LogP contribution in [0.3, 0.4) is 0 Å². The van der Waals surface area contributed by atoms with E-state index in [0.717, 1.165) is 12.1 Å². The zero-order chi connectivity index (χ0) is 14.8. The predicted octanol–water partition coefficient (Wildman–Crippen LogP) is 1.99. The third-order valence-corrected chi connectivity index (χ3v) is 3.75. The number of benzene rings is 1. The smallest absolute Gasteiger partial charge is 0.305 e. The molecule has 0 radical (unpaired) electrons. The molecule has 0 aliphatic carbocycles. The number of carbonyl (C=O) groups is 1. The first-order chi connectivity index (χ1) is 9.43. The van der Waals surface area contributed by atoms with E-state index in [0.29, 0.717) is 31.9 Å². The van der Waals surface area contributed by atoms with Gasteiger partial charge in [0.1, 0.15) is 0 Å². The summed E-state index contributed by atoms with van der Waals surface area (Å²) in [6.45, 7) is 3.85. The number of carboxylic acids is 1. The molecule has 0 saturated carbocycles. The molecule has 1 N–H and O–H groups in total. The molecule has 1 atom stereocenters. The average molecular weight is 285 g/mol. The molecule has 2 rings (SSSR count). The second-order valence-electron chi connectivity index (χ2n) is 5.07. The normalized spacial score (nSPS) is 19.6. The largest absolute Gasteiger partial charge is 0.481 e. The zero-order valence-electron chi connectivity index (χ0n) is 11.2. The van der Waals surface area contributed by atoms with Crippen molar-refractivity contribution in [1.29, 1.82) is 0 Å². The second kappa shape index (κ2) is 5.85. The van der Waals surface area contributed by atoms with Gasteiger partial charge in [-0.3, -0.25) is 9.69 Å². The van der Waals surface area contributed by atoms with Gasteiger partial charge in [-0.1, -0.05) is 6.07 Å². The minimum absolute atomic E-state index is 0.182. The molecule has 0 aromatic heterocycles. The maximum absolute atomic E-state index is 13.4. The van der Waals surface area contributed by atoms with Gasteiger partial charge in [0.15, 0.2) is 11.6 Å². The molecule has 110 valence electrons. The van der Waals surface area contributed by atoms with E-state index < -0.39 is 23.1 Å². The van der Waals surface area contributed by atoms with Crippen molar-refractivity contribution in [1.82, 2.24) is 4.90 Å². The number of aliphatic carboxylic acids is 1. The molecule has 4 nitrogen and oxygen atoms in total. The number of rotatable bonds is 4. The third kappa shape index (κ3) is 2.96. The van der Waals surface area contributed by atoms with Crippen LogP contribution in [0.5, 0.6) is 0 Å². The summed E-state index contributed by atoms with van der Waals surface area (Å²) >= 11 is 0. The Morgan fingerprint density at radius 3 is 2.55 bits per heavy atom. The molecule has 1 fully saturated rings. The Bertz CT molecular complexity index is 503. The number of ether oxygens (including phenoxy) is 1. The van der Waals surface area contributed by atoms with E-state index in [1.54, 1.807) is 6.92 Å². The van der Waals surface area contributed by atoms with Crippen LogP contribution in [0.1, 0.15) is 18.9 Å². The van der Waals surface area contributed by atoms with E-state index in [4.69, 9.17) is 9.84 Å². The summed E-state index contributed by atoms with van der Waals surface area (Å²) in [7, 11) is 0. The summed E-state index contributed by atoms with van der Waals surface area (Å²) < 4.78 is 31.8. The van der Waals surface area contributed by atoms with Crippen LogP contribution >= 0.6 is 0 Å². The summed E-state index contributed by atoms with van der Waals surface area (Å²) in [5.74, 6) is -2.88. The van der Waals surface area contributed by atoms with Crippen molar-refractivity contribution in [3.8, 4) is 0 Å². The predicted molar refractivity (Wildman–Crippen MR) is 68.4 cm³/mol. The van der Waals surface area contributed by atoms with Crippen molar-refractivity contribution in [3.63, 3.8) is 0 Å². The number of morpholine rings is 1. The summed E-state index contributed by atoms with van der Waals surface area (Å²) in [5, 5.41) is 9.14. The molecular formula is C14H17F2NO3. The Balaban J connectivity index is 2.38. The molecule has 1 aliphatic heterocycles. The maximum atomic E-state index is 13.4. The van der Waals surface area contributed by atoms with Crippen molar-refractivity contribution in [3.05, 3.63) is 35.4 Å². The Labute approximate surface area is 116 Å². The highest BCUT2D eigenvalue weighted by Crippen LogP contribution is 2.33. The van der Waals surface area contributed by atoms with E-state index in [9.17, 15) is 13.6 Å². The molecule has 6 heteroatoms. The van der Waals surface area contributed by atoms with Crippen LogP contribution in [0.15, 0.2) is 18.2 Å². The fraction of sp³-hybridized carbons (Fsp3) is 0.500. The Hall–Kier alpha value is -1.53. The maximum Gasteiger partial charge on any atom is 0.305 e. The fourth-order valence-corrected chi connectivity index (χ4v) is 2.58. The van der Waals surface area contributed by atoms with Gasteiger partial charge >= 0.3 is 5.97 Å². The summed E-state index contributed by atoms with van der Waals surface area (Å²) in [5.41, 5.74) is -0.426. The monoisotopic (exact) mass is 285 g/mol. The number of hydrogen-bond donors (Lipinski definition) is 1. The molecule has 0 spiro atoms. The molecule has 0 amide bonds. The lowest BCUT2D eigenvalue weighted by atomic mass is 9.86. The summed E-state index contributed by atoms with van der Waals surface area (Å²) in [6.07, 6.45) is -0.182.